The number of hydrogen-bond acceptors (Lipinski definition) is 3. The van der Waals surface area contributed by atoms with Crippen LogP contribution in [-0.4, -0.2) is 47.7 Å². The van der Waals surface area contributed by atoms with Gasteiger partial charge in [0, 0.05) is 31.2 Å². The molecule has 0 aliphatic heterocycles. The van der Waals surface area contributed by atoms with Crippen molar-refractivity contribution < 1.29 is 9.90 Å². The summed E-state index contributed by atoms with van der Waals surface area (Å²) in [4.78, 5) is 14.3. The van der Waals surface area contributed by atoms with Gasteiger partial charge in [0.1, 0.15) is 0 Å². The number of para-hydroxylation sites is 1. The highest BCUT2D eigenvalue weighted by atomic mass is 16.3. The summed E-state index contributed by atoms with van der Waals surface area (Å²) in [6.07, 6.45) is 3.77. The molecule has 20 heavy (non-hydrogen) atoms. The van der Waals surface area contributed by atoms with Gasteiger partial charge in [0.25, 0.3) is 0 Å². The Kier molecular flexibility index (Phi) is 4.93. The van der Waals surface area contributed by atoms with E-state index in [4.69, 9.17) is 5.11 Å². The zero-order valence-electron chi connectivity index (χ0n) is 12.2. The monoisotopic (exact) mass is 274 g/mol. The molecule has 0 aliphatic rings. The topological polar surface area (TPSA) is 45.5 Å². The lowest BCUT2D eigenvalue weighted by atomic mass is 10.1. The van der Waals surface area contributed by atoms with Crippen molar-refractivity contribution in [3.8, 4) is 0 Å². The number of benzene rings is 1. The van der Waals surface area contributed by atoms with E-state index in [0.717, 1.165) is 23.9 Å². The quantitative estimate of drug-likeness (QED) is 0.878. The molecule has 2 aromatic rings. The number of aliphatic hydroxyl groups excluding tert-OH is 1. The molecule has 0 unspecified atom stereocenters. The summed E-state index contributed by atoms with van der Waals surface area (Å²) in [5.74, 6) is 0.0475. The third kappa shape index (κ3) is 3.26. The van der Waals surface area contributed by atoms with Gasteiger partial charge in [0.2, 0.25) is 5.91 Å². The van der Waals surface area contributed by atoms with Gasteiger partial charge in [0.05, 0.1) is 5.52 Å². The average molecular weight is 274 g/mol. The van der Waals surface area contributed by atoms with Crippen LogP contribution < -0.4 is 0 Å². The fourth-order valence-corrected chi connectivity index (χ4v) is 2.35. The Hall–Kier alpha value is -1.65. The molecule has 1 N–H and O–H groups in total. The van der Waals surface area contributed by atoms with E-state index in [1.807, 2.05) is 38.5 Å². The summed E-state index contributed by atoms with van der Waals surface area (Å²) in [5.41, 5.74) is 2.16. The first-order valence-electron chi connectivity index (χ1n) is 7.01. The average Bonchev–Trinajstić information content (AvgIpc) is 2.81. The first kappa shape index (κ1) is 14.8. The molecule has 4 nitrogen and oxygen atoms in total. The molecule has 0 aliphatic carbocycles. The summed E-state index contributed by atoms with van der Waals surface area (Å²) in [7, 11) is 4.09. The first-order valence-corrected chi connectivity index (χ1v) is 7.01. The van der Waals surface area contributed by atoms with E-state index in [0.29, 0.717) is 12.8 Å². The molecule has 0 bridgehead atoms. The summed E-state index contributed by atoms with van der Waals surface area (Å²) in [6.45, 7) is 1.01. The van der Waals surface area contributed by atoms with E-state index >= 15 is 0 Å². The number of carbonyl (C=O) groups excluding carboxylic acids is 1. The number of aliphatic hydroxyl groups is 1. The molecule has 0 spiro atoms. The number of hydrogen-bond donors (Lipinski definition) is 1. The number of aromatic nitrogens is 1. The van der Waals surface area contributed by atoms with Crippen LogP contribution in [0, 0.1) is 0 Å². The van der Waals surface area contributed by atoms with E-state index in [9.17, 15) is 4.79 Å². The van der Waals surface area contributed by atoms with E-state index in [-0.39, 0.29) is 12.5 Å². The van der Waals surface area contributed by atoms with E-state index in [1.165, 1.54) is 5.56 Å². The number of nitrogens with zero attached hydrogens (tertiary/aromatic N) is 2. The van der Waals surface area contributed by atoms with Crippen LogP contribution in [0.25, 0.3) is 10.9 Å². The maximum atomic E-state index is 12.2. The molecule has 2 rings (SSSR count). The van der Waals surface area contributed by atoms with Gasteiger partial charge in [-0.15, -0.1) is 0 Å². The van der Waals surface area contributed by atoms with Crippen molar-refractivity contribution in [2.75, 3.05) is 27.2 Å². The Balaban J connectivity index is 2.32. The number of carbonyl (C=O) groups is 1. The molecule has 0 radical (unpaired) electrons. The molecule has 108 valence electrons. The molecule has 0 atom stereocenters. The number of likely N-dealkylation sites (N-methyl/N-ethyl adjacent to an activating group) is 1. The standard InChI is InChI=1S/C16H22N2O2/c1-17(2)10-9-13-12-18(16(20)8-5-11-19)15-7-4-3-6-14(13)15/h3-4,6-7,12,19H,5,8-11H2,1-2H3. The molecule has 1 heterocycles. The molecule has 0 saturated heterocycles. The van der Waals surface area contributed by atoms with Gasteiger partial charge < -0.3 is 10.0 Å². The lowest BCUT2D eigenvalue weighted by Gasteiger charge is -2.07. The predicted octanol–water partition coefficient (Wildman–Crippen LogP) is 2.16. The minimum atomic E-state index is 0.0475. The van der Waals surface area contributed by atoms with Crippen molar-refractivity contribution >= 4 is 16.8 Å². The second-order valence-corrected chi connectivity index (χ2v) is 5.32. The van der Waals surface area contributed by atoms with Gasteiger partial charge >= 0.3 is 0 Å². The van der Waals surface area contributed by atoms with E-state index in [2.05, 4.69) is 11.0 Å². The van der Waals surface area contributed by atoms with Crippen LogP contribution in [0.2, 0.25) is 0 Å². The Labute approximate surface area is 119 Å². The SMILES string of the molecule is CN(C)CCc1cn(C(=O)CCCO)c2ccccc12. The Morgan fingerprint density at radius 2 is 2.05 bits per heavy atom. The molecular formula is C16H22N2O2. The smallest absolute Gasteiger partial charge is 0.231 e. The highest BCUT2D eigenvalue weighted by molar-refractivity contribution is 5.94. The highest BCUT2D eigenvalue weighted by Gasteiger charge is 2.13. The van der Waals surface area contributed by atoms with Crippen molar-refractivity contribution in [1.82, 2.24) is 9.47 Å². The maximum absolute atomic E-state index is 12.2. The van der Waals surface area contributed by atoms with E-state index < -0.39 is 0 Å². The largest absolute Gasteiger partial charge is 0.396 e. The van der Waals surface area contributed by atoms with Crippen LogP contribution in [0.15, 0.2) is 30.5 Å². The maximum Gasteiger partial charge on any atom is 0.231 e. The van der Waals surface area contributed by atoms with Crippen molar-refractivity contribution in [2.24, 2.45) is 0 Å². The highest BCUT2D eigenvalue weighted by Crippen LogP contribution is 2.22. The van der Waals surface area contributed by atoms with Crippen LogP contribution in [-0.2, 0) is 6.42 Å². The van der Waals surface area contributed by atoms with Crippen LogP contribution >= 0.6 is 0 Å². The van der Waals surface area contributed by atoms with E-state index in [1.54, 1.807) is 4.57 Å². The van der Waals surface area contributed by atoms with Gasteiger partial charge in [0.15, 0.2) is 0 Å². The van der Waals surface area contributed by atoms with Crippen molar-refractivity contribution in [2.45, 2.75) is 19.3 Å². The van der Waals surface area contributed by atoms with Gasteiger partial charge in [-0.25, -0.2) is 0 Å². The van der Waals surface area contributed by atoms with Crippen LogP contribution in [0.1, 0.15) is 23.2 Å². The summed E-state index contributed by atoms with van der Waals surface area (Å²) < 4.78 is 1.73. The zero-order chi connectivity index (χ0) is 14.5. The molecule has 4 heteroatoms. The van der Waals surface area contributed by atoms with Gasteiger partial charge in [-0.2, -0.15) is 0 Å². The Morgan fingerprint density at radius 3 is 2.75 bits per heavy atom. The van der Waals surface area contributed by atoms with Crippen molar-refractivity contribution in [3.63, 3.8) is 0 Å². The minimum absolute atomic E-state index is 0.0475. The fourth-order valence-electron chi connectivity index (χ4n) is 2.35. The number of fused-ring (bicyclic) bond motifs is 1. The predicted molar refractivity (Wildman–Crippen MR) is 81.1 cm³/mol. The summed E-state index contributed by atoms with van der Waals surface area (Å²) in [5, 5.41) is 10.0. The lowest BCUT2D eigenvalue weighted by molar-refractivity contribution is 0.0896. The third-order valence-electron chi connectivity index (χ3n) is 3.44. The van der Waals surface area contributed by atoms with Gasteiger partial charge in [-0.3, -0.25) is 9.36 Å². The third-order valence-corrected chi connectivity index (χ3v) is 3.44. The van der Waals surface area contributed by atoms with Crippen molar-refractivity contribution in [3.05, 3.63) is 36.0 Å². The normalized spacial score (nSPS) is 11.4. The molecule has 0 saturated carbocycles. The first-order chi connectivity index (χ1) is 9.63. The molecule has 0 amide bonds. The van der Waals surface area contributed by atoms with Gasteiger partial charge in [-0.05, 0) is 38.6 Å². The molecular weight excluding hydrogens is 252 g/mol. The van der Waals surface area contributed by atoms with Gasteiger partial charge in [-0.1, -0.05) is 18.2 Å². The Morgan fingerprint density at radius 1 is 1.30 bits per heavy atom. The second-order valence-electron chi connectivity index (χ2n) is 5.32. The molecule has 0 fully saturated rings. The molecule has 1 aromatic heterocycles. The summed E-state index contributed by atoms with van der Waals surface area (Å²) >= 11 is 0. The zero-order valence-corrected chi connectivity index (χ0v) is 12.2. The number of rotatable bonds is 6. The van der Waals surface area contributed by atoms with Crippen LogP contribution in [0.4, 0.5) is 0 Å². The summed E-state index contributed by atoms with van der Waals surface area (Å²) in [6, 6.07) is 8.00. The fraction of sp³-hybridized carbons (Fsp3) is 0.438. The molecule has 1 aromatic carbocycles. The van der Waals surface area contributed by atoms with Crippen molar-refractivity contribution in [1.29, 1.82) is 0 Å². The Bertz CT molecular complexity index is 587. The minimum Gasteiger partial charge on any atom is -0.396 e. The van der Waals surface area contributed by atoms with Crippen LogP contribution in [0.5, 0.6) is 0 Å². The second kappa shape index (κ2) is 6.68. The lowest BCUT2D eigenvalue weighted by Crippen LogP contribution is -2.15. The van der Waals surface area contributed by atoms with Crippen LogP contribution in [0.3, 0.4) is 0 Å².